The Balaban J connectivity index is 3.28. The topological polar surface area (TPSA) is 21.4 Å². The molecule has 0 aliphatic carbocycles. The van der Waals surface area contributed by atoms with E-state index in [4.69, 9.17) is 6.57 Å². The van der Waals surface area contributed by atoms with Crippen LogP contribution in [-0.2, 0) is 0 Å². The van der Waals surface area contributed by atoms with Crippen LogP contribution in [0, 0.1) is 10.1 Å². The van der Waals surface area contributed by atoms with E-state index in [1.165, 1.54) is 6.92 Å². The van der Waals surface area contributed by atoms with Crippen molar-refractivity contribution in [2.75, 3.05) is 0 Å². The highest BCUT2D eigenvalue weighted by molar-refractivity contribution is 14.1. The lowest BCUT2D eigenvalue weighted by Crippen LogP contribution is -1.94. The van der Waals surface area contributed by atoms with E-state index in [9.17, 15) is 4.79 Å². The molecule has 0 amide bonds. The second-order valence-electron chi connectivity index (χ2n) is 2.33. The van der Waals surface area contributed by atoms with Gasteiger partial charge in [-0.3, -0.25) is 4.79 Å². The van der Waals surface area contributed by atoms with Crippen LogP contribution in [-0.4, -0.2) is 5.78 Å². The lowest BCUT2D eigenvalue weighted by molar-refractivity contribution is 0.101. The maximum Gasteiger partial charge on any atom is 0.188 e. The maximum atomic E-state index is 11.0. The maximum absolute atomic E-state index is 11.0. The summed E-state index contributed by atoms with van der Waals surface area (Å²) < 4.78 is 0.896. The summed E-state index contributed by atoms with van der Waals surface area (Å²) in [5.74, 6) is 0.00454. The van der Waals surface area contributed by atoms with E-state index >= 15 is 0 Å². The third kappa shape index (κ3) is 1.83. The zero-order valence-corrected chi connectivity index (χ0v) is 8.62. The molecule has 0 bridgehead atoms. The normalized spacial score (nSPS) is 9.08. The predicted octanol–water partition coefficient (Wildman–Crippen LogP) is 3.04. The monoisotopic (exact) mass is 271 g/mol. The number of halogens is 1. The van der Waals surface area contributed by atoms with Gasteiger partial charge in [0.15, 0.2) is 11.5 Å². The number of rotatable bonds is 1. The minimum atomic E-state index is 0.00454. The summed E-state index contributed by atoms with van der Waals surface area (Å²) in [6.45, 7) is 8.27. The second-order valence-corrected chi connectivity index (χ2v) is 3.49. The fourth-order valence-corrected chi connectivity index (χ4v) is 1.57. The van der Waals surface area contributed by atoms with Crippen molar-refractivity contribution in [2.45, 2.75) is 6.92 Å². The third-order valence-electron chi connectivity index (χ3n) is 1.46. The molecule has 0 unspecified atom stereocenters. The van der Waals surface area contributed by atoms with Crippen molar-refractivity contribution in [1.82, 2.24) is 0 Å². The fraction of sp³-hybridized carbons (Fsp3) is 0.111. The van der Waals surface area contributed by atoms with Crippen LogP contribution in [0.5, 0.6) is 0 Å². The molecule has 0 saturated heterocycles. The quantitative estimate of drug-likeness (QED) is 0.437. The van der Waals surface area contributed by atoms with Gasteiger partial charge in [-0.15, -0.1) is 0 Å². The van der Waals surface area contributed by atoms with E-state index in [1.54, 1.807) is 18.2 Å². The van der Waals surface area contributed by atoms with E-state index < -0.39 is 0 Å². The lowest BCUT2D eigenvalue weighted by atomic mass is 10.1. The van der Waals surface area contributed by atoms with Gasteiger partial charge in [0.25, 0.3) is 0 Å². The van der Waals surface area contributed by atoms with Crippen LogP contribution in [0.15, 0.2) is 18.2 Å². The zero-order chi connectivity index (χ0) is 9.14. The van der Waals surface area contributed by atoms with Gasteiger partial charge in [0.05, 0.1) is 6.57 Å². The average molecular weight is 271 g/mol. The molecule has 2 nitrogen and oxygen atoms in total. The number of nitrogens with zero attached hydrogens (tertiary/aromatic N) is 1. The Hall–Kier alpha value is -0.890. The summed E-state index contributed by atoms with van der Waals surface area (Å²) in [7, 11) is 0. The van der Waals surface area contributed by atoms with Gasteiger partial charge < -0.3 is 0 Å². The molecule has 1 rings (SSSR count). The first-order valence-electron chi connectivity index (χ1n) is 3.33. The third-order valence-corrected chi connectivity index (χ3v) is 2.40. The van der Waals surface area contributed by atoms with Crippen LogP contribution < -0.4 is 0 Å². The van der Waals surface area contributed by atoms with Crippen LogP contribution in [0.25, 0.3) is 4.85 Å². The van der Waals surface area contributed by atoms with E-state index in [0.717, 1.165) is 3.57 Å². The molecule has 0 aliphatic heterocycles. The second kappa shape index (κ2) is 3.68. The molecule has 1 aromatic carbocycles. The average Bonchev–Trinajstić information content (AvgIpc) is 2.05. The summed E-state index contributed by atoms with van der Waals surface area (Å²) in [5, 5.41) is 0. The highest BCUT2D eigenvalue weighted by atomic mass is 127. The van der Waals surface area contributed by atoms with Crippen molar-refractivity contribution >= 4 is 34.1 Å². The molecule has 0 N–H and O–H groups in total. The first-order chi connectivity index (χ1) is 5.65. The molecule has 3 heteroatoms. The first-order valence-corrected chi connectivity index (χ1v) is 4.41. The van der Waals surface area contributed by atoms with Crippen LogP contribution in [0.3, 0.4) is 0 Å². The van der Waals surface area contributed by atoms with E-state index in [0.29, 0.717) is 11.3 Å². The Morgan fingerprint density at radius 3 is 2.75 bits per heavy atom. The molecule has 0 heterocycles. The molecule has 0 fully saturated rings. The van der Waals surface area contributed by atoms with Crippen molar-refractivity contribution in [3.8, 4) is 0 Å². The summed E-state index contributed by atoms with van der Waals surface area (Å²) in [6, 6.07) is 5.11. The van der Waals surface area contributed by atoms with Gasteiger partial charge in [-0.1, -0.05) is 12.1 Å². The lowest BCUT2D eigenvalue weighted by Gasteiger charge is -1.99. The predicted molar refractivity (Wildman–Crippen MR) is 55.4 cm³/mol. The number of Topliss-reactive ketones (excluding diaryl/α,β-unsaturated/α-hetero) is 1. The molecule has 0 atom stereocenters. The van der Waals surface area contributed by atoms with E-state index in [-0.39, 0.29) is 5.78 Å². The van der Waals surface area contributed by atoms with Crippen molar-refractivity contribution in [1.29, 1.82) is 0 Å². The van der Waals surface area contributed by atoms with Crippen LogP contribution in [0.2, 0.25) is 0 Å². The Morgan fingerprint density at radius 1 is 1.58 bits per heavy atom. The number of ketones is 1. The number of carbonyl (C=O) groups excluding carboxylic acids is 1. The van der Waals surface area contributed by atoms with Crippen molar-refractivity contribution in [3.05, 3.63) is 38.7 Å². The Morgan fingerprint density at radius 2 is 2.25 bits per heavy atom. The van der Waals surface area contributed by atoms with Crippen molar-refractivity contribution in [2.24, 2.45) is 0 Å². The molecule has 12 heavy (non-hydrogen) atoms. The van der Waals surface area contributed by atoms with Gasteiger partial charge in [-0.25, -0.2) is 4.85 Å². The molecular weight excluding hydrogens is 265 g/mol. The highest BCUT2D eigenvalue weighted by Crippen LogP contribution is 2.20. The first kappa shape index (κ1) is 9.20. The minimum absolute atomic E-state index is 0.00454. The summed E-state index contributed by atoms with van der Waals surface area (Å²) >= 11 is 2.08. The summed E-state index contributed by atoms with van der Waals surface area (Å²) in [6.07, 6.45) is 0. The van der Waals surface area contributed by atoms with Gasteiger partial charge in [-0.05, 0) is 35.6 Å². The van der Waals surface area contributed by atoms with Gasteiger partial charge in [-0.2, -0.15) is 0 Å². The number of benzene rings is 1. The summed E-state index contributed by atoms with van der Waals surface area (Å²) in [5.41, 5.74) is 1.14. The number of hydrogen-bond acceptors (Lipinski definition) is 1. The largest absolute Gasteiger partial charge is 0.295 e. The molecule has 0 radical (unpaired) electrons. The van der Waals surface area contributed by atoms with Crippen LogP contribution in [0.1, 0.15) is 17.3 Å². The minimum Gasteiger partial charge on any atom is -0.295 e. The van der Waals surface area contributed by atoms with Crippen LogP contribution >= 0.6 is 22.6 Å². The highest BCUT2D eigenvalue weighted by Gasteiger charge is 2.04. The van der Waals surface area contributed by atoms with E-state index in [2.05, 4.69) is 27.4 Å². The Kier molecular flexibility index (Phi) is 2.82. The molecule has 1 aromatic rings. The summed E-state index contributed by atoms with van der Waals surface area (Å²) in [4.78, 5) is 14.3. The Labute approximate surface area is 84.6 Å². The molecule has 0 saturated carbocycles. The van der Waals surface area contributed by atoms with Crippen molar-refractivity contribution in [3.63, 3.8) is 0 Å². The Bertz CT molecular complexity index is 365. The molecule has 0 aromatic heterocycles. The molecule has 60 valence electrons. The van der Waals surface area contributed by atoms with Gasteiger partial charge in [0.1, 0.15) is 0 Å². The van der Waals surface area contributed by atoms with Crippen molar-refractivity contribution < 1.29 is 4.79 Å². The van der Waals surface area contributed by atoms with Crippen LogP contribution in [0.4, 0.5) is 5.69 Å². The molecule has 0 aliphatic rings. The van der Waals surface area contributed by atoms with Gasteiger partial charge >= 0.3 is 0 Å². The van der Waals surface area contributed by atoms with E-state index in [1.807, 2.05) is 0 Å². The SMILES string of the molecule is [C-]#[N+]c1ccc(I)c(C(C)=O)c1. The molecule has 0 spiro atoms. The smallest absolute Gasteiger partial charge is 0.188 e. The van der Waals surface area contributed by atoms with Gasteiger partial charge in [0, 0.05) is 9.13 Å². The standard InChI is InChI=1S/C9H6INO/c1-6(12)8-5-7(11-2)3-4-9(8)10/h3-5H,1H3. The number of hydrogen-bond donors (Lipinski definition) is 0. The zero-order valence-electron chi connectivity index (χ0n) is 6.47. The molecular formula is C9H6INO. The fourth-order valence-electron chi connectivity index (χ4n) is 0.853. The number of carbonyl (C=O) groups is 1. The van der Waals surface area contributed by atoms with Gasteiger partial charge in [0.2, 0.25) is 0 Å².